The molecule has 0 bridgehead atoms. The Morgan fingerprint density at radius 2 is 0.940 bits per heavy atom. The fourth-order valence-electron chi connectivity index (χ4n) is 7.13. The van der Waals surface area contributed by atoms with E-state index in [4.69, 9.17) is 15.0 Å². The van der Waals surface area contributed by atoms with Gasteiger partial charge >= 0.3 is 0 Å². The Balaban J connectivity index is 1.12. The van der Waals surface area contributed by atoms with Crippen LogP contribution >= 0.6 is 11.3 Å². The average molecular weight is 657 g/mol. The van der Waals surface area contributed by atoms with Gasteiger partial charge in [0, 0.05) is 53.3 Å². The van der Waals surface area contributed by atoms with Crippen LogP contribution in [0.15, 0.2) is 170 Å². The Labute approximate surface area is 292 Å². The van der Waals surface area contributed by atoms with Crippen molar-refractivity contribution in [1.82, 2.24) is 19.5 Å². The fourth-order valence-corrected chi connectivity index (χ4v) is 8.24. The van der Waals surface area contributed by atoms with Gasteiger partial charge in [-0.1, -0.05) is 115 Å². The molecule has 0 aliphatic carbocycles. The third kappa shape index (κ3) is 4.71. The number of hydrogen-bond donors (Lipinski definition) is 0. The second-order valence-corrected chi connectivity index (χ2v) is 13.5. The molecule has 0 amide bonds. The molecule has 0 N–H and O–H groups in total. The van der Waals surface area contributed by atoms with E-state index in [9.17, 15) is 0 Å². The normalized spacial score (nSPS) is 11.6. The van der Waals surface area contributed by atoms with Crippen molar-refractivity contribution in [2.75, 3.05) is 0 Å². The standard InChI is InChI=1S/C45H28N4S/c1-3-12-29(13-4-1)32-16-11-17-33(28-32)45-47-43(30-14-5-2-6-15-30)46-44(48-45)31-22-24-34(25-23-31)49-37-20-9-7-18-35(37)41-38(49)26-27-40-42(41)36-19-8-10-21-39(36)50-40/h1-28H. The molecule has 7 aromatic carbocycles. The molecule has 50 heavy (non-hydrogen) atoms. The molecule has 10 rings (SSSR count). The number of hydrogen-bond acceptors (Lipinski definition) is 4. The first-order valence-corrected chi connectivity index (χ1v) is 17.5. The number of benzene rings is 7. The minimum Gasteiger partial charge on any atom is -0.309 e. The van der Waals surface area contributed by atoms with Crippen molar-refractivity contribution in [3.05, 3.63) is 170 Å². The van der Waals surface area contributed by atoms with Crippen molar-refractivity contribution >= 4 is 53.3 Å². The fraction of sp³-hybridized carbons (Fsp3) is 0. The highest BCUT2D eigenvalue weighted by molar-refractivity contribution is 7.26. The summed E-state index contributed by atoms with van der Waals surface area (Å²) in [6.07, 6.45) is 0. The van der Waals surface area contributed by atoms with Crippen molar-refractivity contribution in [3.63, 3.8) is 0 Å². The van der Waals surface area contributed by atoms with Crippen molar-refractivity contribution in [2.24, 2.45) is 0 Å². The first-order chi connectivity index (χ1) is 24.8. The van der Waals surface area contributed by atoms with Crippen LogP contribution in [0.3, 0.4) is 0 Å². The Morgan fingerprint density at radius 3 is 1.70 bits per heavy atom. The molecule has 0 atom stereocenters. The second kappa shape index (κ2) is 11.6. The summed E-state index contributed by atoms with van der Waals surface area (Å²) >= 11 is 1.86. The third-order valence-electron chi connectivity index (χ3n) is 9.46. The van der Waals surface area contributed by atoms with Gasteiger partial charge in [0.05, 0.1) is 11.0 Å². The molecular formula is C45H28N4S. The van der Waals surface area contributed by atoms with Gasteiger partial charge in [-0.3, -0.25) is 0 Å². The van der Waals surface area contributed by atoms with E-state index in [0.717, 1.165) is 33.5 Å². The smallest absolute Gasteiger partial charge is 0.164 e. The summed E-state index contributed by atoms with van der Waals surface area (Å²) in [4.78, 5) is 15.0. The number of para-hydroxylation sites is 1. The lowest BCUT2D eigenvalue weighted by Gasteiger charge is -2.11. The Kier molecular flexibility index (Phi) is 6.64. The molecule has 3 heterocycles. The van der Waals surface area contributed by atoms with Crippen LogP contribution in [0.25, 0.3) is 93.0 Å². The number of aromatic nitrogens is 4. The molecule has 0 radical (unpaired) electrons. The summed E-state index contributed by atoms with van der Waals surface area (Å²) in [5.41, 5.74) is 8.57. The zero-order chi connectivity index (χ0) is 33.0. The molecule has 0 fully saturated rings. The maximum atomic E-state index is 5.06. The van der Waals surface area contributed by atoms with Crippen LogP contribution in [0, 0.1) is 0 Å². The first-order valence-electron chi connectivity index (χ1n) is 16.7. The minimum atomic E-state index is 0.638. The monoisotopic (exact) mass is 656 g/mol. The molecule has 0 spiro atoms. The van der Waals surface area contributed by atoms with Gasteiger partial charge < -0.3 is 4.57 Å². The van der Waals surface area contributed by atoms with Crippen molar-refractivity contribution < 1.29 is 0 Å². The minimum absolute atomic E-state index is 0.638. The zero-order valence-electron chi connectivity index (χ0n) is 26.9. The topological polar surface area (TPSA) is 43.6 Å². The van der Waals surface area contributed by atoms with Crippen LogP contribution in [0.2, 0.25) is 0 Å². The number of rotatable bonds is 5. The van der Waals surface area contributed by atoms with Gasteiger partial charge in [-0.25, -0.2) is 15.0 Å². The van der Waals surface area contributed by atoms with Gasteiger partial charge in [-0.15, -0.1) is 11.3 Å². The maximum absolute atomic E-state index is 5.06. The SMILES string of the molecule is c1ccc(-c2cccc(-c3nc(-c4ccccc4)nc(-c4ccc(-n5c6ccccc6c6c7c(ccc65)sc5ccccc57)cc4)n3)c2)cc1. The predicted octanol–water partition coefficient (Wildman–Crippen LogP) is 12.0. The summed E-state index contributed by atoms with van der Waals surface area (Å²) in [6.45, 7) is 0. The van der Waals surface area contributed by atoms with Crippen LogP contribution in [-0.2, 0) is 0 Å². The van der Waals surface area contributed by atoms with E-state index < -0.39 is 0 Å². The molecule has 5 heteroatoms. The van der Waals surface area contributed by atoms with Crippen LogP contribution < -0.4 is 0 Å². The molecule has 3 aromatic heterocycles. The molecular weight excluding hydrogens is 629 g/mol. The molecule has 0 aliphatic heterocycles. The van der Waals surface area contributed by atoms with E-state index in [2.05, 4.69) is 138 Å². The van der Waals surface area contributed by atoms with E-state index >= 15 is 0 Å². The molecule has 4 nitrogen and oxygen atoms in total. The first kappa shape index (κ1) is 28.6. The second-order valence-electron chi connectivity index (χ2n) is 12.4. The summed E-state index contributed by atoms with van der Waals surface area (Å²) in [5, 5.41) is 5.20. The lowest BCUT2D eigenvalue weighted by molar-refractivity contribution is 1.07. The summed E-state index contributed by atoms with van der Waals surface area (Å²) in [5.74, 6) is 1.93. The van der Waals surface area contributed by atoms with Gasteiger partial charge in [0.15, 0.2) is 17.5 Å². The highest BCUT2D eigenvalue weighted by Gasteiger charge is 2.18. The molecule has 0 unspecified atom stereocenters. The highest BCUT2D eigenvalue weighted by Crippen LogP contribution is 2.43. The lowest BCUT2D eigenvalue weighted by atomic mass is 10.0. The summed E-state index contributed by atoms with van der Waals surface area (Å²) in [7, 11) is 0. The molecule has 234 valence electrons. The Hall–Kier alpha value is -6.43. The quantitative estimate of drug-likeness (QED) is 0.185. The molecule has 0 saturated heterocycles. The van der Waals surface area contributed by atoms with Gasteiger partial charge in [0.2, 0.25) is 0 Å². The van der Waals surface area contributed by atoms with Crippen molar-refractivity contribution in [1.29, 1.82) is 0 Å². The average Bonchev–Trinajstić information content (AvgIpc) is 3.74. The summed E-state index contributed by atoms with van der Waals surface area (Å²) in [6, 6.07) is 59.6. The highest BCUT2D eigenvalue weighted by atomic mass is 32.1. The van der Waals surface area contributed by atoms with E-state index in [1.165, 1.54) is 42.0 Å². The predicted molar refractivity (Wildman–Crippen MR) is 209 cm³/mol. The zero-order valence-corrected chi connectivity index (χ0v) is 27.7. The molecule has 0 aliphatic rings. The number of fused-ring (bicyclic) bond motifs is 7. The van der Waals surface area contributed by atoms with Crippen molar-refractivity contribution in [2.45, 2.75) is 0 Å². The molecule has 10 aromatic rings. The number of nitrogens with zero attached hydrogens (tertiary/aromatic N) is 4. The van der Waals surface area contributed by atoms with E-state index in [-0.39, 0.29) is 0 Å². The van der Waals surface area contributed by atoms with Gasteiger partial charge in [-0.2, -0.15) is 0 Å². The van der Waals surface area contributed by atoms with Crippen LogP contribution in [-0.4, -0.2) is 19.5 Å². The van der Waals surface area contributed by atoms with Crippen LogP contribution in [0.5, 0.6) is 0 Å². The summed E-state index contributed by atoms with van der Waals surface area (Å²) < 4.78 is 5.00. The van der Waals surface area contributed by atoms with Gasteiger partial charge in [0.1, 0.15) is 0 Å². The molecule has 0 saturated carbocycles. The van der Waals surface area contributed by atoms with E-state index in [1.807, 2.05) is 47.7 Å². The van der Waals surface area contributed by atoms with Crippen LogP contribution in [0.4, 0.5) is 0 Å². The van der Waals surface area contributed by atoms with Crippen molar-refractivity contribution in [3.8, 4) is 51.0 Å². The Morgan fingerprint density at radius 1 is 0.360 bits per heavy atom. The van der Waals surface area contributed by atoms with Gasteiger partial charge in [-0.05, 0) is 65.7 Å². The van der Waals surface area contributed by atoms with E-state index in [1.54, 1.807) is 0 Å². The van der Waals surface area contributed by atoms with Crippen LogP contribution in [0.1, 0.15) is 0 Å². The largest absolute Gasteiger partial charge is 0.309 e. The Bertz CT molecular complexity index is 2850. The third-order valence-corrected chi connectivity index (χ3v) is 10.6. The van der Waals surface area contributed by atoms with E-state index in [0.29, 0.717) is 17.5 Å². The van der Waals surface area contributed by atoms with Gasteiger partial charge in [0.25, 0.3) is 0 Å². The number of thiophene rings is 1. The lowest BCUT2D eigenvalue weighted by Crippen LogP contribution is -2.00. The maximum Gasteiger partial charge on any atom is 0.164 e.